The number of methoxy groups -OCH3 is 1. The normalized spacial score (nSPS) is 19.2. The van der Waals surface area contributed by atoms with Crippen molar-refractivity contribution in [2.75, 3.05) is 33.3 Å². The van der Waals surface area contributed by atoms with E-state index in [0.29, 0.717) is 50.5 Å². The van der Waals surface area contributed by atoms with Gasteiger partial charge >= 0.3 is 12.1 Å². The summed E-state index contributed by atoms with van der Waals surface area (Å²) in [6.07, 6.45) is 3.95. The van der Waals surface area contributed by atoms with Crippen molar-refractivity contribution in [3.05, 3.63) is 29.8 Å². The molecule has 216 valence electrons. The third kappa shape index (κ3) is 9.44. The van der Waals surface area contributed by atoms with E-state index in [-0.39, 0.29) is 36.0 Å². The molecule has 39 heavy (non-hydrogen) atoms. The summed E-state index contributed by atoms with van der Waals surface area (Å²) < 4.78 is 10.3. The van der Waals surface area contributed by atoms with E-state index in [2.05, 4.69) is 5.32 Å². The van der Waals surface area contributed by atoms with Gasteiger partial charge in [-0.1, -0.05) is 12.1 Å². The number of ether oxygens (including phenoxy) is 2. The Balaban J connectivity index is 1.48. The number of hydrogen-bond acceptors (Lipinski definition) is 7. The molecule has 2 heterocycles. The van der Waals surface area contributed by atoms with E-state index in [4.69, 9.17) is 9.47 Å². The van der Waals surface area contributed by atoms with Crippen molar-refractivity contribution >= 4 is 23.9 Å². The number of benzene rings is 1. The van der Waals surface area contributed by atoms with Crippen LogP contribution in [0.25, 0.3) is 0 Å². The van der Waals surface area contributed by atoms with Crippen molar-refractivity contribution in [2.24, 2.45) is 11.8 Å². The first kappa shape index (κ1) is 30.2. The van der Waals surface area contributed by atoms with Gasteiger partial charge in [-0.15, -0.1) is 0 Å². The summed E-state index contributed by atoms with van der Waals surface area (Å²) in [7, 11) is 1.30. The van der Waals surface area contributed by atoms with E-state index < -0.39 is 17.6 Å². The van der Waals surface area contributed by atoms with Gasteiger partial charge in [0.15, 0.2) is 0 Å². The highest BCUT2D eigenvalue weighted by molar-refractivity contribution is 5.82. The van der Waals surface area contributed by atoms with Crippen LogP contribution in [-0.4, -0.2) is 77.7 Å². The van der Waals surface area contributed by atoms with Crippen LogP contribution < -0.4 is 5.32 Å². The summed E-state index contributed by atoms with van der Waals surface area (Å²) in [6.45, 7) is 7.81. The fraction of sp³-hybridized carbons (Fsp3) is 0.655. The van der Waals surface area contributed by atoms with Gasteiger partial charge in [-0.2, -0.15) is 0 Å². The number of carbonyl (C=O) groups excluding carboxylic acids is 4. The van der Waals surface area contributed by atoms with Gasteiger partial charge in [-0.3, -0.25) is 14.4 Å². The first-order valence-corrected chi connectivity index (χ1v) is 13.9. The second kappa shape index (κ2) is 13.7. The van der Waals surface area contributed by atoms with E-state index in [1.165, 1.54) is 19.2 Å². The largest absolute Gasteiger partial charge is 0.508 e. The van der Waals surface area contributed by atoms with E-state index in [1.807, 2.05) is 20.8 Å². The van der Waals surface area contributed by atoms with Crippen LogP contribution in [0.5, 0.6) is 5.75 Å². The van der Waals surface area contributed by atoms with Gasteiger partial charge < -0.3 is 29.7 Å². The third-order valence-corrected chi connectivity index (χ3v) is 7.39. The molecule has 2 aliphatic heterocycles. The molecule has 2 atom stereocenters. The molecule has 3 rings (SSSR count). The van der Waals surface area contributed by atoms with E-state index in [9.17, 15) is 24.3 Å². The molecule has 0 spiro atoms. The van der Waals surface area contributed by atoms with Crippen LogP contribution in [0.15, 0.2) is 24.3 Å². The number of rotatable bonds is 8. The first-order valence-electron chi connectivity index (χ1n) is 13.9. The monoisotopic (exact) mass is 545 g/mol. The number of nitrogens with zero attached hydrogens (tertiary/aromatic N) is 2. The molecule has 0 bridgehead atoms. The zero-order valence-electron chi connectivity index (χ0n) is 23.6. The number of phenolic OH excluding ortho intramolecular Hbond substituents is 1. The van der Waals surface area contributed by atoms with Gasteiger partial charge in [0.25, 0.3) is 0 Å². The van der Waals surface area contributed by atoms with Crippen LogP contribution in [0.4, 0.5) is 4.79 Å². The predicted octanol–water partition coefficient (Wildman–Crippen LogP) is 3.78. The highest BCUT2D eigenvalue weighted by atomic mass is 16.6. The number of likely N-dealkylation sites (tertiary alicyclic amines) is 2. The summed E-state index contributed by atoms with van der Waals surface area (Å²) in [4.78, 5) is 54.0. The van der Waals surface area contributed by atoms with Crippen LogP contribution in [0, 0.1) is 11.8 Å². The van der Waals surface area contributed by atoms with Gasteiger partial charge in [0.05, 0.1) is 25.5 Å². The van der Waals surface area contributed by atoms with Crippen molar-refractivity contribution in [3.8, 4) is 5.75 Å². The molecule has 10 nitrogen and oxygen atoms in total. The van der Waals surface area contributed by atoms with Crippen LogP contribution in [0.2, 0.25) is 0 Å². The predicted molar refractivity (Wildman–Crippen MR) is 145 cm³/mol. The average molecular weight is 546 g/mol. The minimum Gasteiger partial charge on any atom is -0.508 e. The maximum Gasteiger partial charge on any atom is 0.410 e. The number of phenols is 1. The Labute approximate surface area is 231 Å². The zero-order valence-corrected chi connectivity index (χ0v) is 23.6. The highest BCUT2D eigenvalue weighted by Gasteiger charge is 2.31. The Morgan fingerprint density at radius 3 is 2.31 bits per heavy atom. The highest BCUT2D eigenvalue weighted by Crippen LogP contribution is 2.26. The number of hydrogen-bond donors (Lipinski definition) is 2. The van der Waals surface area contributed by atoms with E-state index in [1.54, 1.807) is 21.9 Å². The Morgan fingerprint density at radius 2 is 1.69 bits per heavy atom. The average Bonchev–Trinajstić information content (AvgIpc) is 2.91. The first-order chi connectivity index (χ1) is 18.4. The molecule has 3 amide bonds. The van der Waals surface area contributed by atoms with E-state index >= 15 is 0 Å². The molecule has 2 unspecified atom stereocenters. The Hall–Kier alpha value is -3.30. The quantitative estimate of drug-likeness (QED) is 0.476. The van der Waals surface area contributed by atoms with E-state index in [0.717, 1.165) is 25.7 Å². The molecule has 2 aliphatic rings. The maximum absolute atomic E-state index is 13.2. The summed E-state index contributed by atoms with van der Waals surface area (Å²) in [5.41, 5.74) is 0.171. The number of amides is 3. The van der Waals surface area contributed by atoms with Crippen LogP contribution >= 0.6 is 0 Å². The fourth-order valence-corrected chi connectivity index (χ4v) is 5.13. The summed E-state index contributed by atoms with van der Waals surface area (Å²) in [5.74, 6) is -0.503. The summed E-state index contributed by atoms with van der Waals surface area (Å²) in [5, 5.41) is 12.5. The molecule has 2 N–H and O–H groups in total. The standard InChI is InChI=1S/C29H43N3O7/c1-29(2,3)39-28(37)31-16-13-20(14-17-31)7-12-25(34)32-15-5-6-22(19-32)27(36)30-24(18-26(35)38-4)21-8-10-23(33)11-9-21/h8-11,20,22,24,33H,5-7,12-19H2,1-4H3,(H,30,36). The van der Waals surface area contributed by atoms with Gasteiger partial charge in [0.1, 0.15) is 11.4 Å². The lowest BCUT2D eigenvalue weighted by Crippen LogP contribution is -2.46. The van der Waals surface area contributed by atoms with Crippen molar-refractivity contribution < 1.29 is 33.8 Å². The van der Waals surface area contributed by atoms with Crippen molar-refractivity contribution in [1.82, 2.24) is 15.1 Å². The molecule has 1 aromatic carbocycles. The maximum atomic E-state index is 13.2. The molecular formula is C29H43N3O7. The minimum atomic E-state index is -0.594. The second-order valence-corrected chi connectivity index (χ2v) is 11.6. The Kier molecular flexibility index (Phi) is 10.6. The van der Waals surface area contributed by atoms with Crippen LogP contribution in [0.1, 0.15) is 77.3 Å². The van der Waals surface area contributed by atoms with Crippen molar-refractivity contribution in [1.29, 1.82) is 0 Å². The topological polar surface area (TPSA) is 125 Å². The molecule has 10 heteroatoms. The molecule has 1 aromatic rings. The smallest absolute Gasteiger partial charge is 0.410 e. The molecule has 0 aromatic heterocycles. The molecule has 2 fully saturated rings. The lowest BCUT2D eigenvalue weighted by Gasteiger charge is -2.35. The second-order valence-electron chi connectivity index (χ2n) is 11.6. The molecule has 0 aliphatic carbocycles. The molecule has 0 saturated carbocycles. The van der Waals surface area contributed by atoms with Crippen LogP contribution in [-0.2, 0) is 23.9 Å². The summed E-state index contributed by atoms with van der Waals surface area (Å²) >= 11 is 0. The van der Waals surface area contributed by atoms with Gasteiger partial charge in [0, 0.05) is 32.6 Å². The van der Waals surface area contributed by atoms with Crippen molar-refractivity contribution in [3.63, 3.8) is 0 Å². The SMILES string of the molecule is COC(=O)CC(NC(=O)C1CCCN(C(=O)CCC2CCN(C(=O)OC(C)(C)C)CC2)C1)c1ccc(O)cc1. The van der Waals surface area contributed by atoms with Gasteiger partial charge in [-0.25, -0.2) is 4.79 Å². The van der Waals surface area contributed by atoms with Gasteiger partial charge in [0.2, 0.25) is 11.8 Å². The Morgan fingerprint density at radius 1 is 1.03 bits per heavy atom. The number of esters is 1. The zero-order chi connectivity index (χ0) is 28.6. The summed E-state index contributed by atoms with van der Waals surface area (Å²) in [6, 6.07) is 5.75. The number of aromatic hydroxyl groups is 1. The fourth-order valence-electron chi connectivity index (χ4n) is 5.13. The number of carbonyl (C=O) groups is 4. The number of piperidine rings is 2. The lowest BCUT2D eigenvalue weighted by atomic mass is 9.91. The molecular weight excluding hydrogens is 502 g/mol. The van der Waals surface area contributed by atoms with Gasteiger partial charge in [-0.05, 0) is 76.5 Å². The molecule has 0 radical (unpaired) electrons. The lowest BCUT2D eigenvalue weighted by molar-refractivity contribution is -0.141. The minimum absolute atomic E-state index is 0.0326. The number of nitrogens with one attached hydrogen (secondary N) is 1. The molecule has 2 saturated heterocycles. The van der Waals surface area contributed by atoms with Crippen LogP contribution in [0.3, 0.4) is 0 Å². The third-order valence-electron chi connectivity index (χ3n) is 7.39. The Bertz CT molecular complexity index is 997. The van der Waals surface area contributed by atoms with Crippen molar-refractivity contribution in [2.45, 2.75) is 77.4 Å².